The van der Waals surface area contributed by atoms with Gasteiger partial charge >= 0.3 is 0 Å². The molecule has 0 aromatic carbocycles. The molecule has 7 heteroatoms. The molecule has 0 atom stereocenters. The molecule has 120 valence electrons. The second-order valence-corrected chi connectivity index (χ2v) is 6.26. The van der Waals surface area contributed by atoms with Crippen molar-refractivity contribution in [2.45, 2.75) is 51.5 Å². The number of aromatic amines is 1. The van der Waals surface area contributed by atoms with Crippen LogP contribution in [0.5, 0.6) is 0 Å². The van der Waals surface area contributed by atoms with Crippen LogP contribution in [0, 0.1) is 6.92 Å². The number of ketones is 1. The van der Waals surface area contributed by atoms with Crippen molar-refractivity contribution in [3.8, 4) is 0 Å². The lowest BCUT2D eigenvalue weighted by atomic mass is 9.93. The Hall–Kier alpha value is -2.44. The Kier molecular flexibility index (Phi) is 3.28. The molecule has 1 amide bonds. The number of rotatable bonds is 4. The molecular weight excluding hydrogens is 296 g/mol. The first kappa shape index (κ1) is 14.2. The van der Waals surface area contributed by atoms with Gasteiger partial charge in [-0.1, -0.05) is 5.16 Å². The normalized spacial score (nSPS) is 17.2. The van der Waals surface area contributed by atoms with Crippen LogP contribution in [0.2, 0.25) is 0 Å². The number of hydrogen-bond donors (Lipinski definition) is 2. The average molecular weight is 314 g/mol. The number of amides is 1. The van der Waals surface area contributed by atoms with Crippen molar-refractivity contribution < 1.29 is 14.1 Å². The number of nitrogens with zero attached hydrogens (tertiary/aromatic N) is 2. The van der Waals surface area contributed by atoms with E-state index >= 15 is 0 Å². The quantitative estimate of drug-likeness (QED) is 0.899. The molecule has 0 spiro atoms. The number of carbonyl (C=O) groups excluding carboxylic acids is 2. The minimum atomic E-state index is -0.270. The van der Waals surface area contributed by atoms with Gasteiger partial charge in [0.1, 0.15) is 0 Å². The molecule has 2 aliphatic rings. The molecule has 0 aliphatic heterocycles. The third kappa shape index (κ3) is 2.56. The van der Waals surface area contributed by atoms with Gasteiger partial charge in [0.2, 0.25) is 5.89 Å². The highest BCUT2D eigenvalue weighted by Crippen LogP contribution is 2.38. The number of hydrogen-bond acceptors (Lipinski definition) is 5. The Morgan fingerprint density at radius 2 is 2.22 bits per heavy atom. The molecule has 0 bridgehead atoms. The Labute approximate surface area is 132 Å². The third-order valence-electron chi connectivity index (χ3n) is 4.42. The number of H-pyrrole nitrogens is 1. The van der Waals surface area contributed by atoms with Crippen molar-refractivity contribution in [3.63, 3.8) is 0 Å². The first-order valence-corrected chi connectivity index (χ1v) is 7.99. The number of fused-ring (bicyclic) bond motifs is 1. The molecule has 2 N–H and O–H groups in total. The van der Waals surface area contributed by atoms with Gasteiger partial charge in [-0.2, -0.15) is 4.98 Å². The van der Waals surface area contributed by atoms with Crippen LogP contribution in [0.15, 0.2) is 4.52 Å². The molecule has 1 fully saturated rings. The van der Waals surface area contributed by atoms with E-state index in [9.17, 15) is 9.59 Å². The van der Waals surface area contributed by atoms with E-state index in [1.807, 2.05) is 6.92 Å². The maximum Gasteiger partial charge on any atom is 0.254 e. The van der Waals surface area contributed by atoms with Crippen molar-refractivity contribution in [2.24, 2.45) is 0 Å². The molecule has 2 heterocycles. The van der Waals surface area contributed by atoms with Crippen LogP contribution in [0.4, 0.5) is 0 Å². The van der Waals surface area contributed by atoms with Gasteiger partial charge in [0.15, 0.2) is 11.6 Å². The number of aryl methyl sites for hydroxylation is 2. The smallest absolute Gasteiger partial charge is 0.254 e. The van der Waals surface area contributed by atoms with E-state index in [0.29, 0.717) is 35.2 Å². The lowest BCUT2D eigenvalue weighted by Gasteiger charge is -2.11. The van der Waals surface area contributed by atoms with Crippen LogP contribution in [0.1, 0.15) is 75.4 Å². The highest BCUT2D eigenvalue weighted by Gasteiger charge is 2.30. The van der Waals surface area contributed by atoms with Gasteiger partial charge in [-0.3, -0.25) is 9.59 Å². The fraction of sp³-hybridized carbons (Fsp3) is 0.500. The van der Waals surface area contributed by atoms with Crippen LogP contribution in [0.3, 0.4) is 0 Å². The van der Waals surface area contributed by atoms with Crippen molar-refractivity contribution in [2.75, 3.05) is 0 Å². The highest BCUT2D eigenvalue weighted by molar-refractivity contribution is 6.10. The van der Waals surface area contributed by atoms with Crippen LogP contribution >= 0.6 is 0 Å². The summed E-state index contributed by atoms with van der Waals surface area (Å²) in [6.07, 6.45) is 4.32. The van der Waals surface area contributed by atoms with Crippen LogP contribution < -0.4 is 5.32 Å². The minimum absolute atomic E-state index is 0.0383. The maximum absolute atomic E-state index is 12.5. The van der Waals surface area contributed by atoms with Gasteiger partial charge < -0.3 is 14.8 Å². The summed E-state index contributed by atoms with van der Waals surface area (Å²) in [7, 11) is 0. The molecule has 4 rings (SSSR count). The highest BCUT2D eigenvalue weighted by atomic mass is 16.5. The molecule has 0 saturated heterocycles. The summed E-state index contributed by atoms with van der Waals surface area (Å²) in [6, 6.07) is 0. The second-order valence-electron chi connectivity index (χ2n) is 6.26. The third-order valence-corrected chi connectivity index (χ3v) is 4.42. The Morgan fingerprint density at radius 1 is 1.39 bits per heavy atom. The van der Waals surface area contributed by atoms with Crippen LogP contribution in [0.25, 0.3) is 0 Å². The van der Waals surface area contributed by atoms with E-state index in [-0.39, 0.29) is 18.2 Å². The molecule has 2 aromatic rings. The number of carbonyl (C=O) groups is 2. The van der Waals surface area contributed by atoms with E-state index < -0.39 is 0 Å². The summed E-state index contributed by atoms with van der Waals surface area (Å²) in [5.74, 6) is 1.28. The zero-order valence-corrected chi connectivity index (χ0v) is 12.9. The lowest BCUT2D eigenvalue weighted by Crippen LogP contribution is -2.26. The predicted octanol–water partition coefficient (Wildman–Crippen LogP) is 2.03. The van der Waals surface area contributed by atoms with Crippen molar-refractivity contribution in [3.05, 3.63) is 34.2 Å². The SMILES string of the molecule is Cc1[nH]c2c(c1C(=O)NCc1noc(C3CC3)n1)C(=O)CCC2. The molecule has 2 aromatic heterocycles. The zero-order chi connectivity index (χ0) is 16.0. The monoisotopic (exact) mass is 314 g/mol. The van der Waals surface area contributed by atoms with E-state index in [4.69, 9.17) is 4.52 Å². The second kappa shape index (κ2) is 5.33. The summed E-state index contributed by atoms with van der Waals surface area (Å²) in [5, 5.41) is 6.67. The molecule has 1 saturated carbocycles. The summed E-state index contributed by atoms with van der Waals surface area (Å²) >= 11 is 0. The fourth-order valence-corrected chi connectivity index (χ4v) is 3.10. The van der Waals surface area contributed by atoms with E-state index in [2.05, 4.69) is 20.4 Å². The molecule has 23 heavy (non-hydrogen) atoms. The van der Waals surface area contributed by atoms with Crippen molar-refractivity contribution >= 4 is 11.7 Å². The summed E-state index contributed by atoms with van der Waals surface area (Å²) in [4.78, 5) is 32.1. The Balaban J connectivity index is 1.50. The van der Waals surface area contributed by atoms with E-state index in [1.54, 1.807) is 0 Å². The minimum Gasteiger partial charge on any atom is -0.361 e. The number of Topliss-reactive ketones (excluding diaryl/α,β-unsaturated/α-hetero) is 1. The average Bonchev–Trinajstić information content (AvgIpc) is 3.16. The summed E-state index contributed by atoms with van der Waals surface area (Å²) in [5.41, 5.74) is 2.61. The number of nitrogens with one attached hydrogen (secondary N) is 2. The Morgan fingerprint density at radius 3 is 3.00 bits per heavy atom. The lowest BCUT2D eigenvalue weighted by molar-refractivity contribution is 0.0925. The van der Waals surface area contributed by atoms with Gasteiger partial charge in [0.25, 0.3) is 5.91 Å². The van der Waals surface area contributed by atoms with Gasteiger partial charge in [-0.25, -0.2) is 0 Å². The largest absolute Gasteiger partial charge is 0.361 e. The zero-order valence-electron chi connectivity index (χ0n) is 12.9. The summed E-state index contributed by atoms with van der Waals surface area (Å²) < 4.78 is 5.17. The molecule has 2 aliphatic carbocycles. The topological polar surface area (TPSA) is 101 Å². The van der Waals surface area contributed by atoms with Crippen LogP contribution in [-0.4, -0.2) is 26.8 Å². The fourth-order valence-electron chi connectivity index (χ4n) is 3.10. The van der Waals surface area contributed by atoms with Crippen molar-refractivity contribution in [1.29, 1.82) is 0 Å². The molecule has 0 radical (unpaired) electrons. The van der Waals surface area contributed by atoms with E-state index in [1.165, 1.54) is 0 Å². The van der Waals surface area contributed by atoms with Gasteiger partial charge in [-0.15, -0.1) is 0 Å². The van der Waals surface area contributed by atoms with Crippen LogP contribution in [-0.2, 0) is 13.0 Å². The maximum atomic E-state index is 12.5. The molecule has 7 nitrogen and oxygen atoms in total. The predicted molar refractivity (Wildman–Crippen MR) is 80.2 cm³/mol. The van der Waals surface area contributed by atoms with E-state index in [0.717, 1.165) is 37.1 Å². The van der Waals surface area contributed by atoms with Crippen molar-refractivity contribution in [1.82, 2.24) is 20.4 Å². The first-order chi connectivity index (χ1) is 11.1. The Bertz CT molecular complexity index is 785. The molecular formula is C16H18N4O3. The first-order valence-electron chi connectivity index (χ1n) is 7.99. The summed E-state index contributed by atoms with van der Waals surface area (Å²) in [6.45, 7) is 2.02. The van der Waals surface area contributed by atoms with Gasteiger partial charge in [0.05, 0.1) is 17.7 Å². The standard InChI is InChI=1S/C16H18N4O3/c1-8-13(14-10(18-8)3-2-4-11(14)21)15(22)17-7-12-19-16(23-20-12)9-5-6-9/h9,18H,2-7H2,1H3,(H,17,22). The van der Waals surface area contributed by atoms with Gasteiger partial charge in [0, 0.05) is 23.7 Å². The molecule has 0 unspecified atom stereocenters. The van der Waals surface area contributed by atoms with Gasteiger partial charge in [-0.05, 0) is 32.6 Å². The number of aromatic nitrogens is 3.